The van der Waals surface area contributed by atoms with Crippen LogP contribution in [0.15, 0.2) is 22.8 Å². The van der Waals surface area contributed by atoms with Crippen molar-refractivity contribution >= 4 is 0 Å². The molecule has 0 N–H and O–H groups in total. The van der Waals surface area contributed by atoms with Crippen molar-refractivity contribution in [3.05, 3.63) is 24.2 Å². The first-order valence-corrected chi connectivity index (χ1v) is 7.87. The number of piperazine rings is 1. The minimum atomic E-state index is 0.921. The highest BCUT2D eigenvalue weighted by molar-refractivity contribution is 4.99. The van der Waals surface area contributed by atoms with Crippen molar-refractivity contribution in [1.82, 2.24) is 9.80 Å². The minimum absolute atomic E-state index is 0.921. The van der Waals surface area contributed by atoms with Crippen molar-refractivity contribution in [3.63, 3.8) is 0 Å². The lowest BCUT2D eigenvalue weighted by Crippen LogP contribution is -2.51. The molecule has 2 aliphatic carbocycles. The molecule has 0 amide bonds. The van der Waals surface area contributed by atoms with Gasteiger partial charge in [0.05, 0.1) is 12.8 Å². The van der Waals surface area contributed by atoms with Crippen LogP contribution in [0, 0.1) is 11.8 Å². The third-order valence-corrected chi connectivity index (χ3v) is 5.54. The zero-order valence-corrected chi connectivity index (χ0v) is 11.6. The summed E-state index contributed by atoms with van der Waals surface area (Å²) in [5.41, 5.74) is 0. The highest BCUT2D eigenvalue weighted by Gasteiger charge is 2.42. The molecule has 3 atom stereocenters. The number of hydrogen-bond donors (Lipinski definition) is 0. The number of fused-ring (bicyclic) bond motifs is 2. The number of rotatable bonds is 3. The van der Waals surface area contributed by atoms with Gasteiger partial charge in [-0.15, -0.1) is 0 Å². The van der Waals surface area contributed by atoms with Crippen LogP contribution in [-0.2, 0) is 6.54 Å². The lowest BCUT2D eigenvalue weighted by Gasteiger charge is -2.40. The van der Waals surface area contributed by atoms with Gasteiger partial charge in [0.25, 0.3) is 0 Å². The molecule has 2 bridgehead atoms. The topological polar surface area (TPSA) is 19.6 Å². The standard InChI is InChI=1S/C16H24N2O/c1-2-15(19-9-1)12-17-5-7-18(8-6-17)16-11-13-3-4-14(16)10-13/h1-2,9,13-14,16H,3-8,10-12H2/t13-,14-,16+/m1/s1. The Morgan fingerprint density at radius 1 is 1.11 bits per heavy atom. The molecule has 1 saturated heterocycles. The van der Waals surface area contributed by atoms with Crippen LogP contribution in [0.25, 0.3) is 0 Å². The van der Waals surface area contributed by atoms with E-state index in [1.165, 1.54) is 51.9 Å². The fraction of sp³-hybridized carbons (Fsp3) is 0.750. The summed E-state index contributed by atoms with van der Waals surface area (Å²) in [7, 11) is 0. The van der Waals surface area contributed by atoms with Gasteiger partial charge in [-0.2, -0.15) is 0 Å². The molecule has 104 valence electrons. The summed E-state index contributed by atoms with van der Waals surface area (Å²) in [4.78, 5) is 5.31. The largest absolute Gasteiger partial charge is 0.468 e. The second-order valence-electron chi connectivity index (χ2n) is 6.63. The first-order chi connectivity index (χ1) is 9.38. The van der Waals surface area contributed by atoms with E-state index in [-0.39, 0.29) is 0 Å². The van der Waals surface area contributed by atoms with Crippen LogP contribution in [0.2, 0.25) is 0 Å². The van der Waals surface area contributed by atoms with Crippen LogP contribution in [0.3, 0.4) is 0 Å². The minimum Gasteiger partial charge on any atom is -0.468 e. The Bertz CT molecular complexity index is 408. The van der Waals surface area contributed by atoms with Crippen LogP contribution in [0.5, 0.6) is 0 Å². The fourth-order valence-electron chi connectivity index (χ4n) is 4.53. The van der Waals surface area contributed by atoms with Crippen LogP contribution < -0.4 is 0 Å². The summed E-state index contributed by atoms with van der Waals surface area (Å²) in [5.74, 6) is 3.20. The van der Waals surface area contributed by atoms with E-state index < -0.39 is 0 Å². The van der Waals surface area contributed by atoms with Crippen molar-refractivity contribution in [3.8, 4) is 0 Å². The third-order valence-electron chi connectivity index (χ3n) is 5.54. The molecule has 3 nitrogen and oxygen atoms in total. The zero-order chi connectivity index (χ0) is 12.7. The van der Waals surface area contributed by atoms with E-state index in [0.717, 1.165) is 30.2 Å². The van der Waals surface area contributed by atoms with E-state index in [1.54, 1.807) is 6.26 Å². The Morgan fingerprint density at radius 2 is 2.00 bits per heavy atom. The van der Waals surface area contributed by atoms with Gasteiger partial charge in [-0.1, -0.05) is 6.42 Å². The van der Waals surface area contributed by atoms with Gasteiger partial charge in [0, 0.05) is 32.2 Å². The van der Waals surface area contributed by atoms with Gasteiger partial charge in [-0.05, 0) is 43.2 Å². The molecule has 0 unspecified atom stereocenters. The van der Waals surface area contributed by atoms with Crippen molar-refractivity contribution in [2.45, 2.75) is 38.3 Å². The molecular formula is C16H24N2O. The molecular weight excluding hydrogens is 236 g/mol. The molecule has 1 aliphatic heterocycles. The summed E-state index contributed by atoms with van der Waals surface area (Å²) in [6.07, 6.45) is 7.81. The second-order valence-corrected chi connectivity index (χ2v) is 6.63. The molecule has 19 heavy (non-hydrogen) atoms. The Labute approximate surface area is 115 Å². The quantitative estimate of drug-likeness (QED) is 0.833. The van der Waals surface area contributed by atoms with Crippen LogP contribution in [0.1, 0.15) is 31.4 Å². The highest BCUT2D eigenvalue weighted by Crippen LogP contribution is 2.46. The van der Waals surface area contributed by atoms with E-state index in [0.29, 0.717) is 0 Å². The SMILES string of the molecule is c1coc(CN2CCN([C@H]3C[C@@H]4CC[C@@H]3C4)CC2)c1. The van der Waals surface area contributed by atoms with Crippen molar-refractivity contribution < 1.29 is 4.42 Å². The van der Waals surface area contributed by atoms with E-state index in [2.05, 4.69) is 15.9 Å². The van der Waals surface area contributed by atoms with Crippen LogP contribution >= 0.6 is 0 Å². The molecule has 2 saturated carbocycles. The summed E-state index contributed by atoms with van der Waals surface area (Å²) in [6.45, 7) is 5.91. The normalized spacial score (nSPS) is 36.1. The molecule has 0 radical (unpaired) electrons. The van der Waals surface area contributed by atoms with Gasteiger partial charge in [-0.25, -0.2) is 0 Å². The van der Waals surface area contributed by atoms with Crippen molar-refractivity contribution in [1.29, 1.82) is 0 Å². The number of hydrogen-bond acceptors (Lipinski definition) is 3. The highest BCUT2D eigenvalue weighted by atomic mass is 16.3. The van der Waals surface area contributed by atoms with E-state index >= 15 is 0 Å². The maximum Gasteiger partial charge on any atom is 0.117 e. The Morgan fingerprint density at radius 3 is 2.63 bits per heavy atom. The van der Waals surface area contributed by atoms with E-state index in [4.69, 9.17) is 4.42 Å². The van der Waals surface area contributed by atoms with Gasteiger partial charge >= 0.3 is 0 Å². The van der Waals surface area contributed by atoms with Gasteiger partial charge in [0.1, 0.15) is 5.76 Å². The molecule has 1 aromatic rings. The van der Waals surface area contributed by atoms with Crippen LogP contribution in [-0.4, -0.2) is 42.0 Å². The summed E-state index contributed by atoms with van der Waals surface area (Å²) in [5, 5.41) is 0. The number of nitrogens with zero attached hydrogens (tertiary/aromatic N) is 2. The molecule has 2 heterocycles. The predicted molar refractivity (Wildman–Crippen MR) is 74.8 cm³/mol. The fourth-order valence-corrected chi connectivity index (χ4v) is 4.53. The predicted octanol–water partition coefficient (Wildman–Crippen LogP) is 2.59. The second kappa shape index (κ2) is 4.95. The van der Waals surface area contributed by atoms with Crippen molar-refractivity contribution in [2.75, 3.05) is 26.2 Å². The Balaban J connectivity index is 1.30. The van der Waals surface area contributed by atoms with E-state index in [9.17, 15) is 0 Å². The van der Waals surface area contributed by atoms with Gasteiger partial charge in [-0.3, -0.25) is 9.80 Å². The summed E-state index contributed by atoms with van der Waals surface area (Å²) >= 11 is 0. The lowest BCUT2D eigenvalue weighted by atomic mass is 9.93. The van der Waals surface area contributed by atoms with Crippen molar-refractivity contribution in [2.24, 2.45) is 11.8 Å². The zero-order valence-electron chi connectivity index (χ0n) is 11.6. The van der Waals surface area contributed by atoms with Gasteiger partial charge in [0.2, 0.25) is 0 Å². The van der Waals surface area contributed by atoms with Gasteiger partial charge < -0.3 is 4.42 Å². The molecule has 0 spiro atoms. The van der Waals surface area contributed by atoms with Gasteiger partial charge in [0.15, 0.2) is 0 Å². The number of furan rings is 1. The Hall–Kier alpha value is -0.800. The molecule has 3 aliphatic rings. The average Bonchev–Trinajstić information content (AvgIpc) is 3.16. The molecule has 3 heteroatoms. The first kappa shape index (κ1) is 12.0. The summed E-state index contributed by atoms with van der Waals surface area (Å²) < 4.78 is 5.45. The summed E-state index contributed by atoms with van der Waals surface area (Å²) in [6, 6.07) is 4.99. The maximum absolute atomic E-state index is 5.45. The Kier molecular flexibility index (Phi) is 3.12. The monoisotopic (exact) mass is 260 g/mol. The average molecular weight is 260 g/mol. The van der Waals surface area contributed by atoms with Crippen LogP contribution in [0.4, 0.5) is 0 Å². The molecule has 4 rings (SSSR count). The molecule has 3 fully saturated rings. The molecule has 1 aromatic heterocycles. The smallest absolute Gasteiger partial charge is 0.117 e. The van der Waals surface area contributed by atoms with E-state index in [1.807, 2.05) is 6.07 Å². The third kappa shape index (κ3) is 2.34. The maximum atomic E-state index is 5.45. The lowest BCUT2D eigenvalue weighted by molar-refractivity contribution is 0.0650. The first-order valence-electron chi connectivity index (χ1n) is 7.87. The molecule has 0 aromatic carbocycles.